The van der Waals surface area contributed by atoms with Crippen molar-refractivity contribution in [2.45, 2.75) is 45.7 Å². The molecule has 0 radical (unpaired) electrons. The number of amides is 1. The van der Waals surface area contributed by atoms with Crippen LogP contribution in [0.4, 0.5) is 15.8 Å². The molecule has 1 amide bonds. The Hall–Kier alpha value is -3.59. The molecule has 0 bridgehead atoms. The van der Waals surface area contributed by atoms with Crippen molar-refractivity contribution in [3.05, 3.63) is 59.9 Å². The topological polar surface area (TPSA) is 87.5 Å². The van der Waals surface area contributed by atoms with Gasteiger partial charge >= 0.3 is 0 Å². The van der Waals surface area contributed by atoms with E-state index in [1.54, 1.807) is 36.0 Å². The smallest absolute Gasteiger partial charge is 0.257 e. The number of benzene rings is 1. The van der Waals surface area contributed by atoms with Gasteiger partial charge in [0, 0.05) is 53.7 Å². The summed E-state index contributed by atoms with van der Waals surface area (Å²) in [6, 6.07) is 6.88. The first-order valence-corrected chi connectivity index (χ1v) is 11.3. The third-order valence-corrected chi connectivity index (χ3v) is 5.98. The number of nitrogens with one attached hydrogen (secondary N) is 2. The first-order chi connectivity index (χ1) is 16.0. The van der Waals surface area contributed by atoms with Gasteiger partial charge in [0.15, 0.2) is 11.5 Å². The molecule has 0 spiro atoms. The number of anilines is 2. The molecule has 1 saturated heterocycles. The highest BCUT2D eigenvalue weighted by Crippen LogP contribution is 2.33. The average Bonchev–Trinajstić information content (AvgIpc) is 3.11. The van der Waals surface area contributed by atoms with Crippen molar-refractivity contribution < 1.29 is 9.18 Å². The lowest BCUT2D eigenvalue weighted by Crippen LogP contribution is -2.67. The number of carbonyl (C=O) groups excluding carboxylic acids is 1. The van der Waals surface area contributed by atoms with E-state index in [0.29, 0.717) is 22.5 Å². The molecule has 0 saturated carbocycles. The van der Waals surface area contributed by atoms with E-state index in [0.717, 1.165) is 24.2 Å². The van der Waals surface area contributed by atoms with Gasteiger partial charge in [0.05, 0.1) is 23.1 Å². The van der Waals surface area contributed by atoms with Crippen LogP contribution < -0.4 is 15.5 Å². The van der Waals surface area contributed by atoms with E-state index in [1.807, 2.05) is 12.1 Å². The summed E-state index contributed by atoms with van der Waals surface area (Å²) >= 11 is 0. The second kappa shape index (κ2) is 7.73. The van der Waals surface area contributed by atoms with E-state index >= 15 is 0 Å². The van der Waals surface area contributed by atoms with Crippen LogP contribution in [0.5, 0.6) is 0 Å². The van der Waals surface area contributed by atoms with Crippen LogP contribution in [0, 0.1) is 12.7 Å². The van der Waals surface area contributed by atoms with Crippen molar-refractivity contribution >= 4 is 33.8 Å². The van der Waals surface area contributed by atoms with E-state index in [1.165, 1.54) is 6.07 Å². The predicted molar refractivity (Wildman–Crippen MR) is 131 cm³/mol. The molecule has 1 aliphatic heterocycles. The first-order valence-electron chi connectivity index (χ1n) is 11.3. The third-order valence-electron chi connectivity index (χ3n) is 5.98. The molecule has 0 unspecified atom stereocenters. The number of fused-ring (bicyclic) bond motifs is 2. The van der Waals surface area contributed by atoms with E-state index in [-0.39, 0.29) is 22.6 Å². The Bertz CT molecular complexity index is 1410. The van der Waals surface area contributed by atoms with Crippen molar-refractivity contribution in [3.63, 3.8) is 0 Å². The summed E-state index contributed by atoms with van der Waals surface area (Å²) in [7, 11) is 0. The Balaban J connectivity index is 1.51. The maximum atomic E-state index is 14.5. The monoisotopic (exact) mass is 461 g/mol. The van der Waals surface area contributed by atoms with E-state index in [4.69, 9.17) is 0 Å². The number of aryl methyl sites for hydroxylation is 1. The highest BCUT2D eigenvalue weighted by atomic mass is 19.1. The van der Waals surface area contributed by atoms with E-state index in [9.17, 15) is 9.18 Å². The number of aromatic nitrogens is 4. The molecule has 0 aliphatic carbocycles. The van der Waals surface area contributed by atoms with Gasteiger partial charge in [-0.05, 0) is 52.8 Å². The molecular formula is C25H28FN7O. The largest absolute Gasteiger partial charge is 0.367 e. The van der Waals surface area contributed by atoms with Gasteiger partial charge in [-0.15, -0.1) is 5.10 Å². The Morgan fingerprint density at radius 1 is 1.12 bits per heavy atom. The molecule has 176 valence electrons. The minimum absolute atomic E-state index is 0.0844. The van der Waals surface area contributed by atoms with E-state index in [2.05, 4.69) is 58.4 Å². The van der Waals surface area contributed by atoms with Crippen LogP contribution in [0.2, 0.25) is 0 Å². The summed E-state index contributed by atoms with van der Waals surface area (Å²) < 4.78 is 16.0. The average molecular weight is 462 g/mol. The number of hydrogen-bond acceptors (Lipinski definition) is 6. The fourth-order valence-corrected chi connectivity index (χ4v) is 5.15. The lowest BCUT2D eigenvalue weighted by Gasteiger charge is -2.49. The lowest BCUT2D eigenvalue weighted by molar-refractivity contribution is 0.102. The van der Waals surface area contributed by atoms with Crippen LogP contribution in [-0.2, 0) is 0 Å². The Morgan fingerprint density at radius 3 is 2.59 bits per heavy atom. The van der Waals surface area contributed by atoms with Crippen LogP contribution in [0.15, 0.2) is 42.9 Å². The van der Waals surface area contributed by atoms with Crippen LogP contribution in [-0.4, -0.2) is 49.7 Å². The fourth-order valence-electron chi connectivity index (χ4n) is 5.15. The Kier molecular flexibility index (Phi) is 5.05. The maximum absolute atomic E-state index is 14.5. The zero-order valence-electron chi connectivity index (χ0n) is 20.0. The number of piperazine rings is 1. The number of halogens is 1. The molecule has 3 aromatic heterocycles. The Morgan fingerprint density at radius 2 is 1.85 bits per heavy atom. The van der Waals surface area contributed by atoms with Gasteiger partial charge in [-0.2, -0.15) is 5.10 Å². The van der Waals surface area contributed by atoms with Crippen molar-refractivity contribution in [1.29, 1.82) is 0 Å². The maximum Gasteiger partial charge on any atom is 0.257 e. The van der Waals surface area contributed by atoms with Gasteiger partial charge in [-0.25, -0.2) is 9.37 Å². The predicted octanol–water partition coefficient (Wildman–Crippen LogP) is 3.94. The van der Waals surface area contributed by atoms with Crippen molar-refractivity contribution in [3.8, 4) is 0 Å². The number of imidazole rings is 1. The normalized spacial score (nSPS) is 17.3. The molecule has 1 aliphatic rings. The third kappa shape index (κ3) is 4.07. The molecule has 2 N–H and O–H groups in total. The van der Waals surface area contributed by atoms with Crippen molar-refractivity contribution in [2.75, 3.05) is 23.3 Å². The number of rotatable bonds is 3. The summed E-state index contributed by atoms with van der Waals surface area (Å²) in [5.74, 6) is -0.886. The molecule has 4 heterocycles. The van der Waals surface area contributed by atoms with Gasteiger partial charge in [0.1, 0.15) is 5.52 Å². The van der Waals surface area contributed by atoms with Crippen LogP contribution in [0.1, 0.15) is 43.7 Å². The minimum Gasteiger partial charge on any atom is -0.367 e. The molecule has 1 aromatic carbocycles. The highest BCUT2D eigenvalue weighted by Gasteiger charge is 2.37. The quantitative estimate of drug-likeness (QED) is 0.481. The number of nitrogens with zero attached hydrogens (tertiary/aromatic N) is 5. The van der Waals surface area contributed by atoms with Crippen LogP contribution in [0.25, 0.3) is 16.6 Å². The van der Waals surface area contributed by atoms with Gasteiger partial charge < -0.3 is 19.9 Å². The van der Waals surface area contributed by atoms with Gasteiger partial charge in [-0.1, -0.05) is 0 Å². The standard InChI is InChI=1S/C25H28FN7O/c1-15-11-32-12-16(10-19(26)22(32)28-15)29-23(34)18-6-7-20(17-8-9-27-30-21(17)18)33-13-24(2,3)31-25(4,5)14-33/h6-12,31H,13-14H2,1-5H3,(H,29,34). The molecular weight excluding hydrogens is 433 g/mol. The van der Waals surface area contributed by atoms with Gasteiger partial charge in [-0.3, -0.25) is 4.79 Å². The lowest BCUT2D eigenvalue weighted by atomic mass is 9.90. The summed E-state index contributed by atoms with van der Waals surface area (Å²) in [4.78, 5) is 19.7. The molecule has 0 atom stereocenters. The number of pyridine rings is 1. The van der Waals surface area contributed by atoms with Gasteiger partial charge in [0.2, 0.25) is 0 Å². The zero-order valence-corrected chi connectivity index (χ0v) is 20.0. The van der Waals surface area contributed by atoms with Crippen molar-refractivity contribution in [1.82, 2.24) is 24.9 Å². The molecule has 1 fully saturated rings. The van der Waals surface area contributed by atoms with Crippen molar-refractivity contribution in [2.24, 2.45) is 0 Å². The Labute approximate surface area is 197 Å². The molecule has 5 rings (SSSR count). The summed E-state index contributed by atoms with van der Waals surface area (Å²) in [5.41, 5.74) is 2.97. The van der Waals surface area contributed by atoms with Crippen LogP contribution in [0.3, 0.4) is 0 Å². The van der Waals surface area contributed by atoms with E-state index < -0.39 is 5.82 Å². The molecule has 4 aromatic rings. The summed E-state index contributed by atoms with van der Waals surface area (Å²) in [6.07, 6.45) is 4.99. The minimum atomic E-state index is -0.505. The second-order valence-electron chi connectivity index (χ2n) is 10.3. The molecule has 8 nitrogen and oxygen atoms in total. The number of carbonyl (C=O) groups is 1. The zero-order chi connectivity index (χ0) is 24.3. The number of hydrogen-bond donors (Lipinski definition) is 2. The second-order valence-corrected chi connectivity index (χ2v) is 10.3. The molecule has 9 heteroatoms. The highest BCUT2D eigenvalue weighted by molar-refractivity contribution is 6.13. The van der Waals surface area contributed by atoms with Crippen LogP contribution >= 0.6 is 0 Å². The van der Waals surface area contributed by atoms with Gasteiger partial charge in [0.25, 0.3) is 5.91 Å². The fraction of sp³-hybridized carbons (Fsp3) is 0.360. The summed E-state index contributed by atoms with van der Waals surface area (Å²) in [6.45, 7) is 12.1. The summed E-state index contributed by atoms with van der Waals surface area (Å²) in [5, 5.41) is 15.7. The SMILES string of the molecule is Cc1cn2cc(NC(=O)c3ccc(N4CC(C)(C)NC(C)(C)C4)c4ccnnc34)cc(F)c2n1. The first kappa shape index (κ1) is 22.2. The molecule has 34 heavy (non-hydrogen) atoms.